The second kappa shape index (κ2) is 7.94. The summed E-state index contributed by atoms with van der Waals surface area (Å²) in [6.07, 6.45) is 0. The Morgan fingerprint density at radius 3 is 2.21 bits per heavy atom. The summed E-state index contributed by atoms with van der Waals surface area (Å²) in [7, 11) is 2.05. The molecule has 0 saturated carbocycles. The largest absolute Gasteiger partial charge is 0.305 e. The van der Waals surface area contributed by atoms with Gasteiger partial charge in [-0.3, -0.25) is 0 Å². The number of benzene rings is 2. The molecule has 0 spiro atoms. The molecule has 0 atom stereocenters. The van der Waals surface area contributed by atoms with E-state index in [1.165, 1.54) is 32.7 Å². The maximum Gasteiger partial charge on any atom is 0.191 e. The van der Waals surface area contributed by atoms with Crippen LogP contribution in [0, 0.1) is 20.8 Å². The van der Waals surface area contributed by atoms with Crippen molar-refractivity contribution >= 4 is 23.1 Å². The summed E-state index contributed by atoms with van der Waals surface area (Å²) < 4.78 is 2.11. The summed E-state index contributed by atoms with van der Waals surface area (Å²) in [5.41, 5.74) is 7.50. The molecular formula is C23H23N3S2. The molecule has 0 N–H and O–H groups in total. The molecule has 0 bridgehead atoms. The van der Waals surface area contributed by atoms with Crippen LogP contribution in [0.3, 0.4) is 0 Å². The lowest BCUT2D eigenvalue weighted by Gasteiger charge is -2.08. The summed E-state index contributed by atoms with van der Waals surface area (Å²) in [4.78, 5) is 1.30. The Bertz CT molecular complexity index is 1090. The van der Waals surface area contributed by atoms with Gasteiger partial charge in [-0.2, -0.15) is 0 Å². The summed E-state index contributed by atoms with van der Waals surface area (Å²) >= 11 is 3.49. The topological polar surface area (TPSA) is 30.7 Å². The summed E-state index contributed by atoms with van der Waals surface area (Å²) in [5.74, 6) is 1.81. The van der Waals surface area contributed by atoms with Crippen LogP contribution in [-0.2, 0) is 12.8 Å². The van der Waals surface area contributed by atoms with E-state index in [4.69, 9.17) is 0 Å². The van der Waals surface area contributed by atoms with Crippen molar-refractivity contribution in [3.63, 3.8) is 0 Å². The molecule has 0 radical (unpaired) electrons. The second-order valence-electron chi connectivity index (χ2n) is 7.09. The highest BCUT2D eigenvalue weighted by molar-refractivity contribution is 7.98. The maximum absolute atomic E-state index is 4.53. The van der Waals surface area contributed by atoms with Gasteiger partial charge in [0.25, 0.3) is 0 Å². The van der Waals surface area contributed by atoms with Gasteiger partial charge in [-0.05, 0) is 31.9 Å². The van der Waals surface area contributed by atoms with Gasteiger partial charge in [-0.1, -0.05) is 71.4 Å². The van der Waals surface area contributed by atoms with Crippen LogP contribution in [0.15, 0.2) is 59.1 Å². The van der Waals surface area contributed by atoms with Crippen LogP contribution in [0.25, 0.3) is 22.5 Å². The van der Waals surface area contributed by atoms with Crippen molar-refractivity contribution in [2.24, 2.45) is 7.05 Å². The Labute approximate surface area is 174 Å². The third kappa shape index (κ3) is 3.77. The van der Waals surface area contributed by atoms with E-state index in [0.717, 1.165) is 22.3 Å². The molecule has 28 heavy (non-hydrogen) atoms. The Morgan fingerprint density at radius 2 is 1.54 bits per heavy atom. The number of hydrogen-bond acceptors (Lipinski definition) is 4. The van der Waals surface area contributed by atoms with Gasteiger partial charge in [-0.25, -0.2) is 0 Å². The second-order valence-corrected chi connectivity index (χ2v) is 9.11. The standard InChI is InChI=1S/C23H23N3S2/c1-15-5-9-18(10-6-15)13-28-23-25-24-22(26(23)4)20-14-27-17(3)21(20)19-11-7-16(2)8-12-19/h5-12,14H,13H2,1-4H3. The van der Waals surface area contributed by atoms with Crippen molar-refractivity contribution in [2.45, 2.75) is 31.7 Å². The Kier molecular flexibility index (Phi) is 5.38. The average molecular weight is 406 g/mol. The van der Waals surface area contributed by atoms with Crippen molar-refractivity contribution in [1.82, 2.24) is 14.8 Å². The molecule has 4 rings (SSSR count). The van der Waals surface area contributed by atoms with Crippen LogP contribution in [-0.4, -0.2) is 14.8 Å². The number of aryl methyl sites for hydroxylation is 3. The molecule has 2 aromatic heterocycles. The SMILES string of the molecule is Cc1ccc(CSc2nnc(-c3csc(C)c3-c3ccc(C)cc3)n2C)cc1. The van der Waals surface area contributed by atoms with E-state index in [1.54, 1.807) is 23.1 Å². The smallest absolute Gasteiger partial charge is 0.191 e. The first-order chi connectivity index (χ1) is 13.5. The van der Waals surface area contributed by atoms with Gasteiger partial charge in [0, 0.05) is 34.2 Å². The van der Waals surface area contributed by atoms with Crippen LogP contribution in [0.5, 0.6) is 0 Å². The van der Waals surface area contributed by atoms with Gasteiger partial charge in [0.05, 0.1) is 0 Å². The van der Waals surface area contributed by atoms with Crippen molar-refractivity contribution in [2.75, 3.05) is 0 Å². The quantitative estimate of drug-likeness (QED) is 0.359. The predicted molar refractivity (Wildman–Crippen MR) is 120 cm³/mol. The molecular weight excluding hydrogens is 382 g/mol. The highest BCUT2D eigenvalue weighted by Crippen LogP contribution is 2.39. The van der Waals surface area contributed by atoms with Crippen molar-refractivity contribution < 1.29 is 0 Å². The lowest BCUT2D eigenvalue weighted by atomic mass is 10.0. The van der Waals surface area contributed by atoms with Crippen LogP contribution in [0.4, 0.5) is 0 Å². The van der Waals surface area contributed by atoms with Gasteiger partial charge in [0.1, 0.15) is 0 Å². The summed E-state index contributed by atoms with van der Waals surface area (Å²) in [5, 5.41) is 12.1. The van der Waals surface area contributed by atoms with Crippen molar-refractivity contribution in [3.05, 3.63) is 75.5 Å². The molecule has 0 saturated heterocycles. The first-order valence-electron chi connectivity index (χ1n) is 9.26. The van der Waals surface area contributed by atoms with Crippen LogP contribution >= 0.6 is 23.1 Å². The number of thiophene rings is 1. The molecule has 0 unspecified atom stereocenters. The fraction of sp³-hybridized carbons (Fsp3) is 0.217. The number of thioether (sulfide) groups is 1. The fourth-order valence-electron chi connectivity index (χ4n) is 3.21. The number of rotatable bonds is 5. The van der Waals surface area contributed by atoms with Crippen molar-refractivity contribution in [1.29, 1.82) is 0 Å². The number of hydrogen-bond donors (Lipinski definition) is 0. The molecule has 0 aliphatic rings. The third-order valence-electron chi connectivity index (χ3n) is 4.88. The Morgan fingerprint density at radius 1 is 0.893 bits per heavy atom. The van der Waals surface area contributed by atoms with E-state index in [1.807, 2.05) is 0 Å². The summed E-state index contributed by atoms with van der Waals surface area (Å²) in [6, 6.07) is 17.4. The van der Waals surface area contributed by atoms with Crippen LogP contribution < -0.4 is 0 Å². The fourth-order valence-corrected chi connectivity index (χ4v) is 4.94. The molecule has 3 nitrogen and oxygen atoms in total. The van der Waals surface area contributed by atoms with Crippen LogP contribution in [0.1, 0.15) is 21.6 Å². The van der Waals surface area contributed by atoms with Gasteiger partial charge < -0.3 is 4.57 Å². The molecule has 2 heterocycles. The molecule has 2 aromatic carbocycles. The predicted octanol–water partition coefficient (Wildman–Crippen LogP) is 6.43. The first kappa shape index (κ1) is 19.0. The zero-order chi connectivity index (χ0) is 19.7. The Balaban J connectivity index is 1.63. The third-order valence-corrected chi connectivity index (χ3v) is 6.88. The van der Waals surface area contributed by atoms with Gasteiger partial charge in [0.2, 0.25) is 0 Å². The minimum atomic E-state index is 0.889. The number of aromatic nitrogens is 3. The van der Waals surface area contributed by atoms with Crippen LogP contribution in [0.2, 0.25) is 0 Å². The van der Waals surface area contributed by atoms with E-state index in [-0.39, 0.29) is 0 Å². The van der Waals surface area contributed by atoms with Gasteiger partial charge >= 0.3 is 0 Å². The highest BCUT2D eigenvalue weighted by atomic mass is 32.2. The lowest BCUT2D eigenvalue weighted by Crippen LogP contribution is -1.96. The Hall–Kier alpha value is -2.37. The van der Waals surface area contributed by atoms with E-state index in [9.17, 15) is 0 Å². The molecule has 4 aromatic rings. The van der Waals surface area contributed by atoms with E-state index < -0.39 is 0 Å². The monoisotopic (exact) mass is 405 g/mol. The number of nitrogens with zero attached hydrogens (tertiary/aromatic N) is 3. The van der Waals surface area contributed by atoms with Crippen molar-refractivity contribution in [3.8, 4) is 22.5 Å². The molecule has 5 heteroatoms. The molecule has 0 aliphatic heterocycles. The minimum Gasteiger partial charge on any atom is -0.305 e. The maximum atomic E-state index is 4.53. The van der Waals surface area contributed by atoms with E-state index >= 15 is 0 Å². The van der Waals surface area contributed by atoms with E-state index in [0.29, 0.717) is 0 Å². The van der Waals surface area contributed by atoms with Gasteiger partial charge in [-0.15, -0.1) is 21.5 Å². The molecule has 142 valence electrons. The molecule has 0 amide bonds. The van der Waals surface area contributed by atoms with Gasteiger partial charge in [0.15, 0.2) is 11.0 Å². The zero-order valence-electron chi connectivity index (χ0n) is 16.6. The summed E-state index contributed by atoms with van der Waals surface area (Å²) in [6.45, 7) is 6.40. The lowest BCUT2D eigenvalue weighted by molar-refractivity contribution is 0.794. The molecule has 0 fully saturated rings. The normalized spacial score (nSPS) is 11.1. The first-order valence-corrected chi connectivity index (χ1v) is 11.1. The average Bonchev–Trinajstić information content (AvgIpc) is 3.24. The minimum absolute atomic E-state index is 0.889. The van der Waals surface area contributed by atoms with E-state index in [2.05, 4.69) is 96.5 Å². The highest BCUT2D eigenvalue weighted by Gasteiger charge is 2.18. The zero-order valence-corrected chi connectivity index (χ0v) is 18.2. The molecule has 0 aliphatic carbocycles.